The van der Waals surface area contributed by atoms with Crippen LogP contribution in [0.2, 0.25) is 0 Å². The molecular formula is C21H28O2. The number of ether oxygens (including phenoxy) is 1. The fourth-order valence-corrected chi connectivity index (χ4v) is 4.37. The summed E-state index contributed by atoms with van der Waals surface area (Å²) >= 11 is 0. The number of hydrogen-bond donors (Lipinski definition) is 0. The van der Waals surface area contributed by atoms with E-state index in [-0.39, 0.29) is 5.97 Å². The highest BCUT2D eigenvalue weighted by Gasteiger charge is 2.41. The second-order valence-electron chi connectivity index (χ2n) is 7.77. The van der Waals surface area contributed by atoms with Crippen molar-refractivity contribution in [3.8, 4) is 0 Å². The molecule has 23 heavy (non-hydrogen) atoms. The van der Waals surface area contributed by atoms with E-state index in [0.29, 0.717) is 17.6 Å². The Kier molecular flexibility index (Phi) is 4.89. The molecule has 0 bridgehead atoms. The van der Waals surface area contributed by atoms with Crippen LogP contribution in [0.4, 0.5) is 0 Å². The molecule has 1 fully saturated rings. The molecule has 2 aliphatic carbocycles. The number of fused-ring (bicyclic) bond motifs is 1. The van der Waals surface area contributed by atoms with E-state index in [1.54, 1.807) is 17.7 Å². The molecule has 0 N–H and O–H groups in total. The molecule has 2 unspecified atom stereocenters. The Labute approximate surface area is 139 Å². The van der Waals surface area contributed by atoms with Gasteiger partial charge in [0.2, 0.25) is 0 Å². The standard InChI is InChI=1S/C21H28O2/c1-21(2)13-12-18-15-16(10-11-19(18)21)7-6-14-23-20(22)17-8-4-3-5-9-17/h3-5,8-9,15,18-19H,6-7,10-14H2,1-2H3. The van der Waals surface area contributed by atoms with Crippen LogP contribution in [0, 0.1) is 17.3 Å². The molecule has 0 radical (unpaired) electrons. The molecule has 1 aromatic rings. The van der Waals surface area contributed by atoms with E-state index in [4.69, 9.17) is 4.74 Å². The lowest BCUT2D eigenvalue weighted by Crippen LogP contribution is -2.24. The summed E-state index contributed by atoms with van der Waals surface area (Å²) < 4.78 is 5.37. The molecule has 3 rings (SSSR count). The van der Waals surface area contributed by atoms with Crippen molar-refractivity contribution in [3.63, 3.8) is 0 Å². The van der Waals surface area contributed by atoms with Gasteiger partial charge in [-0.25, -0.2) is 4.79 Å². The minimum atomic E-state index is -0.208. The number of esters is 1. The first kappa shape index (κ1) is 16.3. The number of allylic oxidation sites excluding steroid dienone is 2. The highest BCUT2D eigenvalue weighted by Crippen LogP contribution is 2.52. The van der Waals surface area contributed by atoms with Crippen molar-refractivity contribution >= 4 is 5.97 Å². The van der Waals surface area contributed by atoms with Crippen molar-refractivity contribution in [1.29, 1.82) is 0 Å². The van der Waals surface area contributed by atoms with Crippen LogP contribution in [-0.4, -0.2) is 12.6 Å². The molecule has 0 aromatic heterocycles. The van der Waals surface area contributed by atoms with Crippen LogP contribution in [0.1, 0.15) is 62.7 Å². The zero-order chi connectivity index (χ0) is 16.3. The minimum absolute atomic E-state index is 0.208. The van der Waals surface area contributed by atoms with E-state index in [1.165, 1.54) is 25.7 Å². The van der Waals surface area contributed by atoms with Crippen molar-refractivity contribution in [1.82, 2.24) is 0 Å². The van der Waals surface area contributed by atoms with Gasteiger partial charge in [0.15, 0.2) is 0 Å². The third-order valence-corrected chi connectivity index (χ3v) is 5.75. The Morgan fingerprint density at radius 2 is 2.00 bits per heavy atom. The molecule has 0 saturated heterocycles. The molecule has 0 spiro atoms. The maximum Gasteiger partial charge on any atom is 0.338 e. The molecule has 1 saturated carbocycles. The van der Waals surface area contributed by atoms with Gasteiger partial charge >= 0.3 is 5.97 Å². The molecule has 124 valence electrons. The Morgan fingerprint density at radius 1 is 1.22 bits per heavy atom. The molecular weight excluding hydrogens is 284 g/mol. The Bertz CT molecular complexity index is 571. The quantitative estimate of drug-likeness (QED) is 0.413. The summed E-state index contributed by atoms with van der Waals surface area (Å²) in [6, 6.07) is 9.23. The van der Waals surface area contributed by atoms with Gasteiger partial charge in [-0.05, 0) is 67.9 Å². The zero-order valence-electron chi connectivity index (χ0n) is 14.4. The molecule has 1 aromatic carbocycles. The fourth-order valence-electron chi connectivity index (χ4n) is 4.37. The third kappa shape index (κ3) is 3.85. The van der Waals surface area contributed by atoms with E-state index >= 15 is 0 Å². The number of rotatable bonds is 5. The van der Waals surface area contributed by atoms with E-state index in [1.807, 2.05) is 18.2 Å². The van der Waals surface area contributed by atoms with Crippen LogP contribution in [0.5, 0.6) is 0 Å². The predicted molar refractivity (Wildman–Crippen MR) is 93.3 cm³/mol. The first-order valence-corrected chi connectivity index (χ1v) is 8.98. The van der Waals surface area contributed by atoms with E-state index < -0.39 is 0 Å². The molecule has 2 atom stereocenters. The van der Waals surface area contributed by atoms with Gasteiger partial charge in [0, 0.05) is 0 Å². The van der Waals surface area contributed by atoms with Crippen LogP contribution >= 0.6 is 0 Å². The number of carbonyl (C=O) groups is 1. The van der Waals surface area contributed by atoms with Gasteiger partial charge in [0.1, 0.15) is 0 Å². The number of hydrogen-bond acceptors (Lipinski definition) is 2. The van der Waals surface area contributed by atoms with E-state index in [9.17, 15) is 4.79 Å². The fraction of sp³-hybridized carbons (Fsp3) is 0.571. The zero-order valence-corrected chi connectivity index (χ0v) is 14.4. The lowest BCUT2D eigenvalue weighted by atomic mass is 9.72. The lowest BCUT2D eigenvalue weighted by Gasteiger charge is -2.33. The Hall–Kier alpha value is -1.57. The number of carbonyl (C=O) groups excluding carboxylic acids is 1. The Morgan fingerprint density at radius 3 is 2.78 bits per heavy atom. The van der Waals surface area contributed by atoms with Crippen LogP contribution in [0.3, 0.4) is 0 Å². The predicted octanol–water partition coefficient (Wildman–Crippen LogP) is 5.40. The van der Waals surface area contributed by atoms with Gasteiger partial charge in [0.25, 0.3) is 0 Å². The van der Waals surface area contributed by atoms with Gasteiger partial charge in [-0.3, -0.25) is 0 Å². The van der Waals surface area contributed by atoms with Crippen molar-refractivity contribution in [3.05, 3.63) is 47.5 Å². The first-order valence-electron chi connectivity index (χ1n) is 8.98. The summed E-state index contributed by atoms with van der Waals surface area (Å²) in [7, 11) is 0. The highest BCUT2D eigenvalue weighted by atomic mass is 16.5. The summed E-state index contributed by atoms with van der Waals surface area (Å²) in [5.41, 5.74) is 2.75. The topological polar surface area (TPSA) is 26.3 Å². The summed E-state index contributed by atoms with van der Waals surface area (Å²) in [5.74, 6) is 1.46. The van der Waals surface area contributed by atoms with E-state index in [0.717, 1.165) is 24.7 Å². The molecule has 2 heteroatoms. The summed E-state index contributed by atoms with van der Waals surface area (Å²) in [5, 5.41) is 0. The van der Waals surface area contributed by atoms with Crippen molar-refractivity contribution in [2.24, 2.45) is 17.3 Å². The van der Waals surface area contributed by atoms with Crippen molar-refractivity contribution in [2.45, 2.75) is 52.4 Å². The first-order chi connectivity index (χ1) is 11.1. The second kappa shape index (κ2) is 6.90. The van der Waals surface area contributed by atoms with Crippen molar-refractivity contribution < 1.29 is 9.53 Å². The van der Waals surface area contributed by atoms with Crippen LogP contribution in [0.25, 0.3) is 0 Å². The average molecular weight is 312 g/mol. The molecule has 0 aliphatic heterocycles. The van der Waals surface area contributed by atoms with Gasteiger partial charge in [-0.2, -0.15) is 0 Å². The summed E-state index contributed by atoms with van der Waals surface area (Å²) in [6.07, 6.45) is 9.84. The van der Waals surface area contributed by atoms with Crippen LogP contribution in [-0.2, 0) is 4.74 Å². The van der Waals surface area contributed by atoms with Gasteiger partial charge in [-0.15, -0.1) is 0 Å². The SMILES string of the molecule is CC1(C)CCC2C=C(CCCOC(=O)c3ccccc3)CCC21. The monoisotopic (exact) mass is 312 g/mol. The van der Waals surface area contributed by atoms with E-state index in [2.05, 4.69) is 19.9 Å². The molecule has 0 amide bonds. The number of benzene rings is 1. The maximum atomic E-state index is 11.9. The average Bonchev–Trinajstić information content (AvgIpc) is 2.87. The molecule has 2 aliphatic rings. The van der Waals surface area contributed by atoms with Gasteiger partial charge in [0.05, 0.1) is 12.2 Å². The molecule has 0 heterocycles. The summed E-state index contributed by atoms with van der Waals surface area (Å²) in [6.45, 7) is 5.38. The molecule has 2 nitrogen and oxygen atoms in total. The Balaban J connectivity index is 1.43. The normalized spacial score (nSPS) is 25.6. The lowest BCUT2D eigenvalue weighted by molar-refractivity contribution is 0.0500. The highest BCUT2D eigenvalue weighted by molar-refractivity contribution is 5.89. The third-order valence-electron chi connectivity index (χ3n) is 5.75. The minimum Gasteiger partial charge on any atom is -0.462 e. The van der Waals surface area contributed by atoms with Crippen LogP contribution < -0.4 is 0 Å². The van der Waals surface area contributed by atoms with Crippen LogP contribution in [0.15, 0.2) is 42.0 Å². The maximum absolute atomic E-state index is 11.9. The summed E-state index contributed by atoms with van der Waals surface area (Å²) in [4.78, 5) is 11.9. The van der Waals surface area contributed by atoms with Gasteiger partial charge < -0.3 is 4.74 Å². The van der Waals surface area contributed by atoms with Crippen molar-refractivity contribution in [2.75, 3.05) is 6.61 Å². The van der Waals surface area contributed by atoms with Gasteiger partial charge in [-0.1, -0.05) is 43.7 Å². The smallest absolute Gasteiger partial charge is 0.338 e. The second-order valence-corrected chi connectivity index (χ2v) is 7.77. The largest absolute Gasteiger partial charge is 0.462 e.